The molecule has 0 atom stereocenters. The van der Waals surface area contributed by atoms with Gasteiger partial charge in [0.05, 0.1) is 12.0 Å². The van der Waals surface area contributed by atoms with E-state index in [1.165, 1.54) is 4.68 Å². The van der Waals surface area contributed by atoms with Crippen molar-refractivity contribution in [3.8, 4) is 0 Å². The van der Waals surface area contributed by atoms with Crippen LogP contribution in [-0.4, -0.2) is 22.3 Å². The third-order valence-electron chi connectivity index (χ3n) is 4.35. The van der Waals surface area contributed by atoms with E-state index in [9.17, 15) is 9.59 Å². The Morgan fingerprint density at radius 1 is 1.11 bits per heavy atom. The van der Waals surface area contributed by atoms with Crippen molar-refractivity contribution in [1.82, 2.24) is 9.78 Å². The maximum Gasteiger partial charge on any atom is 0.276 e. The van der Waals surface area contributed by atoms with Gasteiger partial charge in [-0.1, -0.05) is 50.2 Å². The summed E-state index contributed by atoms with van der Waals surface area (Å²) in [5.41, 5.74) is 1.62. The largest absolute Gasteiger partial charge is 0.377 e. The Labute approximate surface area is 164 Å². The van der Waals surface area contributed by atoms with Gasteiger partial charge in [-0.25, -0.2) is 4.68 Å². The van der Waals surface area contributed by atoms with Gasteiger partial charge < -0.3 is 10.1 Å². The molecule has 0 aliphatic rings. The lowest BCUT2D eigenvalue weighted by Crippen LogP contribution is -2.29. The summed E-state index contributed by atoms with van der Waals surface area (Å²) in [4.78, 5) is 25.8. The third-order valence-corrected chi connectivity index (χ3v) is 4.35. The maximum atomic E-state index is 13.1. The average molecular weight is 379 g/mol. The van der Waals surface area contributed by atoms with Crippen molar-refractivity contribution in [2.24, 2.45) is 5.92 Å². The van der Waals surface area contributed by atoms with Crippen LogP contribution in [0.25, 0.3) is 10.8 Å². The number of carbonyl (C=O) groups excluding carboxylic acids is 1. The number of anilines is 1. The number of hydrogen-bond acceptors (Lipinski definition) is 4. The number of fused-ring (bicyclic) bond motifs is 1. The lowest BCUT2D eigenvalue weighted by atomic mass is 10.1. The molecule has 6 nitrogen and oxygen atoms in total. The number of hydrogen-bond donors (Lipinski definition) is 1. The van der Waals surface area contributed by atoms with Crippen molar-refractivity contribution in [3.63, 3.8) is 0 Å². The second-order valence-corrected chi connectivity index (χ2v) is 7.02. The predicted octanol–water partition coefficient (Wildman–Crippen LogP) is 3.84. The average Bonchev–Trinajstić information content (AvgIpc) is 2.69. The van der Waals surface area contributed by atoms with E-state index < -0.39 is 0 Å². The molecule has 1 N–H and O–H groups in total. The molecule has 3 rings (SSSR count). The topological polar surface area (TPSA) is 73.2 Å². The number of ether oxygens (including phenoxy) is 1. The molecular weight excluding hydrogens is 354 g/mol. The summed E-state index contributed by atoms with van der Waals surface area (Å²) in [6, 6.07) is 14.6. The zero-order chi connectivity index (χ0) is 20.1. The van der Waals surface area contributed by atoms with Gasteiger partial charge in [0.25, 0.3) is 11.5 Å². The van der Waals surface area contributed by atoms with Gasteiger partial charge in [-0.15, -0.1) is 0 Å². The molecule has 0 radical (unpaired) electrons. The SMILES string of the molecule is CCOCc1ccccc1NC(=O)c1nn(CC(C)C)c(=O)c2ccccc12. The van der Waals surface area contributed by atoms with Crippen LogP contribution in [0.3, 0.4) is 0 Å². The van der Waals surface area contributed by atoms with E-state index in [0.717, 1.165) is 5.56 Å². The van der Waals surface area contributed by atoms with Crippen molar-refractivity contribution < 1.29 is 9.53 Å². The van der Waals surface area contributed by atoms with Crippen LogP contribution in [-0.2, 0) is 17.9 Å². The summed E-state index contributed by atoms with van der Waals surface area (Å²) in [6.07, 6.45) is 0. The zero-order valence-electron chi connectivity index (χ0n) is 16.4. The molecule has 2 aromatic carbocycles. The van der Waals surface area contributed by atoms with Gasteiger partial charge in [-0.2, -0.15) is 5.10 Å². The number of nitrogens with one attached hydrogen (secondary N) is 1. The van der Waals surface area contributed by atoms with Crippen LogP contribution in [0.5, 0.6) is 0 Å². The Morgan fingerprint density at radius 2 is 1.79 bits per heavy atom. The minimum atomic E-state index is -0.349. The Kier molecular flexibility index (Phi) is 6.21. The molecule has 6 heteroatoms. The number of amides is 1. The Morgan fingerprint density at radius 3 is 2.50 bits per heavy atom. The van der Waals surface area contributed by atoms with E-state index in [1.807, 2.05) is 45.0 Å². The fourth-order valence-corrected chi connectivity index (χ4v) is 3.03. The molecule has 28 heavy (non-hydrogen) atoms. The van der Waals surface area contributed by atoms with E-state index in [2.05, 4.69) is 10.4 Å². The summed E-state index contributed by atoms with van der Waals surface area (Å²) < 4.78 is 6.87. The molecule has 0 aliphatic heterocycles. The second kappa shape index (κ2) is 8.80. The standard InChI is InChI=1S/C22H25N3O3/c1-4-28-14-16-9-5-8-12-19(16)23-21(26)20-17-10-6-7-11-18(17)22(27)25(24-20)13-15(2)3/h5-12,15H,4,13-14H2,1-3H3,(H,23,26). The van der Waals surface area contributed by atoms with Gasteiger partial charge in [0, 0.05) is 29.8 Å². The van der Waals surface area contributed by atoms with Gasteiger partial charge in [0.15, 0.2) is 5.69 Å². The summed E-state index contributed by atoms with van der Waals surface area (Å²) in [7, 11) is 0. The van der Waals surface area contributed by atoms with Crippen molar-refractivity contribution in [1.29, 1.82) is 0 Å². The Hall–Kier alpha value is -2.99. The van der Waals surface area contributed by atoms with Gasteiger partial charge in [-0.05, 0) is 25.0 Å². The van der Waals surface area contributed by atoms with Crippen LogP contribution >= 0.6 is 0 Å². The van der Waals surface area contributed by atoms with Crippen molar-refractivity contribution in [2.45, 2.75) is 33.9 Å². The lowest BCUT2D eigenvalue weighted by molar-refractivity contribution is 0.102. The first-order valence-electron chi connectivity index (χ1n) is 9.48. The monoisotopic (exact) mass is 379 g/mol. The predicted molar refractivity (Wildman–Crippen MR) is 111 cm³/mol. The molecule has 0 unspecified atom stereocenters. The molecule has 0 aliphatic carbocycles. The highest BCUT2D eigenvalue weighted by molar-refractivity contribution is 6.11. The molecule has 0 saturated heterocycles. The van der Waals surface area contributed by atoms with Crippen LogP contribution in [0.2, 0.25) is 0 Å². The van der Waals surface area contributed by atoms with Crippen LogP contribution in [0, 0.1) is 5.92 Å². The van der Waals surface area contributed by atoms with E-state index in [-0.39, 0.29) is 23.1 Å². The molecule has 1 heterocycles. The van der Waals surface area contributed by atoms with Gasteiger partial charge in [-0.3, -0.25) is 9.59 Å². The molecule has 146 valence electrons. The second-order valence-electron chi connectivity index (χ2n) is 7.02. The summed E-state index contributed by atoms with van der Waals surface area (Å²) >= 11 is 0. The fourth-order valence-electron chi connectivity index (χ4n) is 3.03. The number of rotatable bonds is 7. The zero-order valence-corrected chi connectivity index (χ0v) is 16.4. The molecule has 3 aromatic rings. The fraction of sp³-hybridized carbons (Fsp3) is 0.318. The molecule has 0 fully saturated rings. The summed E-state index contributed by atoms with van der Waals surface area (Å²) in [5, 5.41) is 8.36. The summed E-state index contributed by atoms with van der Waals surface area (Å²) in [5.74, 6) is -0.119. The molecule has 0 spiro atoms. The van der Waals surface area contributed by atoms with Gasteiger partial charge in [0.1, 0.15) is 0 Å². The highest BCUT2D eigenvalue weighted by Gasteiger charge is 2.18. The minimum absolute atomic E-state index is 0.183. The van der Waals surface area contributed by atoms with Crippen molar-refractivity contribution in [2.75, 3.05) is 11.9 Å². The summed E-state index contributed by atoms with van der Waals surface area (Å²) in [6.45, 7) is 7.39. The number of carbonyl (C=O) groups is 1. The van der Waals surface area contributed by atoms with Crippen LogP contribution in [0.15, 0.2) is 53.3 Å². The lowest BCUT2D eigenvalue weighted by Gasteiger charge is -2.14. The normalized spacial score (nSPS) is 11.1. The van der Waals surface area contributed by atoms with E-state index in [0.29, 0.717) is 36.2 Å². The first-order chi connectivity index (χ1) is 13.5. The Bertz CT molecular complexity index is 1040. The highest BCUT2D eigenvalue weighted by Crippen LogP contribution is 2.19. The third kappa shape index (κ3) is 4.28. The molecule has 1 amide bonds. The van der Waals surface area contributed by atoms with Crippen molar-refractivity contribution >= 4 is 22.4 Å². The Balaban J connectivity index is 2.02. The highest BCUT2D eigenvalue weighted by atomic mass is 16.5. The van der Waals surface area contributed by atoms with E-state index in [4.69, 9.17) is 4.74 Å². The van der Waals surface area contributed by atoms with E-state index >= 15 is 0 Å². The van der Waals surface area contributed by atoms with E-state index in [1.54, 1.807) is 24.3 Å². The quantitative estimate of drug-likeness (QED) is 0.677. The van der Waals surface area contributed by atoms with Crippen LogP contribution in [0.4, 0.5) is 5.69 Å². The smallest absolute Gasteiger partial charge is 0.276 e. The number of aromatic nitrogens is 2. The first-order valence-corrected chi connectivity index (χ1v) is 9.48. The van der Waals surface area contributed by atoms with Crippen LogP contribution in [0.1, 0.15) is 36.8 Å². The maximum absolute atomic E-state index is 13.1. The molecule has 0 saturated carbocycles. The molecule has 0 bridgehead atoms. The van der Waals surface area contributed by atoms with Crippen LogP contribution < -0.4 is 10.9 Å². The van der Waals surface area contributed by atoms with Gasteiger partial charge >= 0.3 is 0 Å². The van der Waals surface area contributed by atoms with Gasteiger partial charge in [0.2, 0.25) is 0 Å². The first kappa shape index (κ1) is 19.8. The number of benzene rings is 2. The molecule has 1 aromatic heterocycles. The minimum Gasteiger partial charge on any atom is -0.377 e. The number of para-hydroxylation sites is 1. The molecular formula is C22H25N3O3. The van der Waals surface area contributed by atoms with Crippen molar-refractivity contribution in [3.05, 3.63) is 70.1 Å². The number of nitrogens with zero attached hydrogens (tertiary/aromatic N) is 2.